The molecule has 0 bridgehead atoms. The van der Waals surface area contributed by atoms with Gasteiger partial charge in [-0.25, -0.2) is 8.42 Å². The maximum absolute atomic E-state index is 12.6. The second kappa shape index (κ2) is 8.87. The van der Waals surface area contributed by atoms with Gasteiger partial charge >= 0.3 is 5.25 Å². The summed E-state index contributed by atoms with van der Waals surface area (Å²) in [4.78, 5) is 0. The van der Waals surface area contributed by atoms with Crippen molar-refractivity contribution in [2.45, 2.75) is 56.6 Å². The van der Waals surface area contributed by atoms with Gasteiger partial charge in [0.05, 0.1) is 0 Å². The Morgan fingerprint density at radius 3 is 1.75 bits per heavy atom. The summed E-state index contributed by atoms with van der Waals surface area (Å²) in [5.74, 6) is 0. The average Bonchev–Trinajstić information content (AvgIpc) is 2.21. The van der Waals surface area contributed by atoms with Crippen LogP contribution in [0.1, 0.15) is 51.4 Å². The van der Waals surface area contributed by atoms with Crippen molar-refractivity contribution in [1.29, 1.82) is 0 Å². The number of alkyl halides is 2. The fraction of sp³-hybridized carbons (Fsp3) is 1.00. The van der Waals surface area contributed by atoms with Crippen molar-refractivity contribution in [1.82, 2.24) is 0 Å². The first-order valence-electron chi connectivity index (χ1n) is 5.64. The Balaban J connectivity index is 3.34. The molecule has 0 saturated carbocycles. The number of halogens is 2. The zero-order valence-corrected chi connectivity index (χ0v) is 10.2. The van der Waals surface area contributed by atoms with E-state index in [9.17, 15) is 17.2 Å². The Morgan fingerprint density at radius 1 is 0.875 bits per heavy atom. The van der Waals surface area contributed by atoms with E-state index in [4.69, 9.17) is 5.11 Å². The van der Waals surface area contributed by atoms with E-state index >= 15 is 0 Å². The lowest BCUT2D eigenvalue weighted by Gasteiger charge is -2.08. The summed E-state index contributed by atoms with van der Waals surface area (Å²) < 4.78 is 45.4. The first-order valence-corrected chi connectivity index (χ1v) is 6.81. The minimum Gasteiger partial charge on any atom is -0.396 e. The smallest absolute Gasteiger partial charge is 0.343 e. The molecule has 0 unspecified atom stereocenters. The van der Waals surface area contributed by atoms with E-state index in [-0.39, 0.29) is 13.0 Å². The number of rotatable bonds is 10. The molecular formula is C10H20F2O3S. The van der Waals surface area contributed by atoms with Crippen LogP contribution in [0.4, 0.5) is 8.78 Å². The Bertz CT molecular complexity index is 234. The largest absolute Gasteiger partial charge is 0.396 e. The summed E-state index contributed by atoms with van der Waals surface area (Å²) in [5, 5.41) is 4.97. The highest BCUT2D eigenvalue weighted by Gasteiger charge is 2.31. The van der Waals surface area contributed by atoms with Crippen molar-refractivity contribution in [2.75, 3.05) is 6.61 Å². The topological polar surface area (TPSA) is 54.4 Å². The molecule has 0 aliphatic heterocycles. The van der Waals surface area contributed by atoms with Crippen LogP contribution in [-0.4, -0.2) is 25.4 Å². The molecule has 0 fully saturated rings. The molecule has 3 nitrogen and oxygen atoms in total. The molecule has 0 atom stereocenters. The molecule has 0 aliphatic carbocycles. The maximum Gasteiger partial charge on any atom is 0.343 e. The lowest BCUT2D eigenvalue weighted by molar-refractivity contribution is 0.0832. The van der Waals surface area contributed by atoms with Crippen LogP contribution in [0.3, 0.4) is 0 Å². The van der Waals surface area contributed by atoms with Gasteiger partial charge in [-0.3, -0.25) is 0 Å². The van der Waals surface area contributed by atoms with Crippen LogP contribution in [0.2, 0.25) is 0 Å². The van der Waals surface area contributed by atoms with Gasteiger partial charge in [0.15, 0.2) is 0 Å². The molecule has 0 amide bonds. The summed E-state index contributed by atoms with van der Waals surface area (Å²) in [5.41, 5.74) is 0. The third kappa shape index (κ3) is 7.98. The van der Waals surface area contributed by atoms with Crippen molar-refractivity contribution in [2.24, 2.45) is 0 Å². The Kier molecular flexibility index (Phi) is 8.74. The first kappa shape index (κ1) is 15.8. The molecular weight excluding hydrogens is 238 g/mol. The van der Waals surface area contributed by atoms with E-state index in [1.54, 1.807) is 0 Å². The Morgan fingerprint density at radius 2 is 1.31 bits per heavy atom. The Labute approximate surface area is 96.8 Å². The van der Waals surface area contributed by atoms with Crippen LogP contribution >= 0.6 is 0 Å². The minimum atomic E-state index is -3.64. The van der Waals surface area contributed by atoms with Crippen molar-refractivity contribution in [3.63, 3.8) is 0 Å². The summed E-state index contributed by atoms with van der Waals surface area (Å²) in [7, 11) is -3.64. The van der Waals surface area contributed by atoms with Crippen molar-refractivity contribution in [3.8, 4) is 0 Å². The molecule has 0 rings (SSSR count). The average molecular weight is 258 g/mol. The summed E-state index contributed by atoms with van der Waals surface area (Å²) >= 11 is 0. The van der Waals surface area contributed by atoms with Gasteiger partial charge in [0.25, 0.3) is 0 Å². The van der Waals surface area contributed by atoms with Gasteiger partial charge in [-0.05, 0) is 12.8 Å². The van der Waals surface area contributed by atoms with Crippen molar-refractivity contribution >= 4 is 10.7 Å². The lowest BCUT2D eigenvalue weighted by atomic mass is 10.1. The van der Waals surface area contributed by atoms with E-state index in [0.29, 0.717) is 6.42 Å². The van der Waals surface area contributed by atoms with E-state index in [1.165, 1.54) is 0 Å². The predicted octanol–water partition coefficient (Wildman–Crippen LogP) is 2.30. The maximum atomic E-state index is 12.6. The van der Waals surface area contributed by atoms with Crippen molar-refractivity contribution < 1.29 is 22.3 Å². The zero-order chi connectivity index (χ0) is 12.4. The number of aliphatic hydroxyl groups excluding tert-OH is 1. The molecule has 0 aromatic heterocycles. The molecule has 0 spiro atoms. The van der Waals surface area contributed by atoms with E-state index in [0.717, 1.165) is 32.1 Å². The molecule has 98 valence electrons. The van der Waals surface area contributed by atoms with Gasteiger partial charge in [0, 0.05) is 13.0 Å². The third-order valence-corrected chi connectivity index (χ3v) is 3.16. The molecule has 16 heavy (non-hydrogen) atoms. The van der Waals surface area contributed by atoms with Crippen LogP contribution in [0.5, 0.6) is 0 Å². The fourth-order valence-electron chi connectivity index (χ4n) is 1.42. The highest BCUT2D eigenvalue weighted by molar-refractivity contribution is 7.73. The summed E-state index contributed by atoms with van der Waals surface area (Å²) in [6.07, 6.45) is 4.85. The van der Waals surface area contributed by atoms with E-state index in [2.05, 4.69) is 0 Å². The lowest BCUT2D eigenvalue weighted by Crippen LogP contribution is -2.17. The van der Waals surface area contributed by atoms with Gasteiger partial charge < -0.3 is 5.11 Å². The second-order valence-electron chi connectivity index (χ2n) is 3.87. The van der Waals surface area contributed by atoms with Crippen LogP contribution in [0, 0.1) is 0 Å². The molecule has 0 aliphatic rings. The zero-order valence-electron chi connectivity index (χ0n) is 9.33. The number of unbranched alkanes of at least 4 members (excludes halogenated alkanes) is 6. The van der Waals surface area contributed by atoms with Gasteiger partial charge in [0.1, 0.15) is 0 Å². The van der Waals surface area contributed by atoms with Gasteiger partial charge in [-0.1, -0.05) is 32.1 Å². The molecule has 0 aromatic carbocycles. The molecule has 1 N–H and O–H groups in total. The highest BCUT2D eigenvalue weighted by atomic mass is 32.2. The van der Waals surface area contributed by atoms with Crippen LogP contribution < -0.4 is 0 Å². The predicted molar refractivity (Wildman–Crippen MR) is 59.3 cm³/mol. The number of hydrogen-bond donors (Lipinski definition) is 2. The fourth-order valence-corrected chi connectivity index (χ4v) is 1.77. The van der Waals surface area contributed by atoms with Gasteiger partial charge in [0.2, 0.25) is 10.7 Å². The van der Waals surface area contributed by atoms with Crippen LogP contribution in [0.25, 0.3) is 0 Å². The normalized spacial score (nSPS) is 12.2. The summed E-state index contributed by atoms with van der Waals surface area (Å²) in [6.45, 7) is 0.197. The van der Waals surface area contributed by atoms with E-state index < -0.39 is 22.4 Å². The molecule has 6 heteroatoms. The summed E-state index contributed by atoms with van der Waals surface area (Å²) in [6, 6.07) is 0. The molecule has 0 heterocycles. The quantitative estimate of drug-likeness (QED) is 0.467. The molecule has 0 radical (unpaired) electrons. The number of hydrogen-bond acceptors (Lipinski definition) is 3. The standard InChI is InChI=1S/C10H20F2O3S/c11-10(12,16(14)15)8-6-4-2-1-3-5-7-9-13/h13,16H,1-9H2. The van der Waals surface area contributed by atoms with Crippen molar-refractivity contribution in [3.05, 3.63) is 0 Å². The Hall–Kier alpha value is -0.230. The first-order chi connectivity index (χ1) is 7.50. The monoisotopic (exact) mass is 258 g/mol. The van der Waals surface area contributed by atoms with Crippen LogP contribution in [0.15, 0.2) is 0 Å². The molecule has 0 saturated heterocycles. The van der Waals surface area contributed by atoms with Crippen LogP contribution in [-0.2, 0) is 10.7 Å². The minimum absolute atomic E-state index is 0.197. The number of aliphatic hydroxyl groups is 1. The second-order valence-corrected chi connectivity index (χ2v) is 5.04. The van der Waals surface area contributed by atoms with Gasteiger partial charge in [-0.2, -0.15) is 8.78 Å². The number of thiol groups is 1. The highest BCUT2D eigenvalue weighted by Crippen LogP contribution is 2.22. The molecule has 0 aromatic rings. The van der Waals surface area contributed by atoms with Gasteiger partial charge in [-0.15, -0.1) is 0 Å². The third-order valence-electron chi connectivity index (χ3n) is 2.40. The SMILES string of the molecule is O=[SH](=O)C(F)(F)CCCCCCCCCO. The van der Waals surface area contributed by atoms with E-state index in [1.807, 2.05) is 0 Å².